The van der Waals surface area contributed by atoms with Crippen molar-refractivity contribution in [1.82, 2.24) is 0 Å². The molecule has 6 aromatic rings. The molecule has 3 saturated carbocycles. The molecule has 0 radical (unpaired) electrons. The van der Waals surface area contributed by atoms with Gasteiger partial charge in [-0.15, -0.1) is 0 Å². The maximum atomic E-state index is 5.67. The first kappa shape index (κ1) is 74.8. The van der Waals surface area contributed by atoms with E-state index in [1.165, 1.54) is 106 Å². The van der Waals surface area contributed by atoms with E-state index in [0.29, 0.717) is 0 Å². The molecule has 0 bridgehead atoms. The Morgan fingerprint density at radius 1 is 0.345 bits per heavy atom. The molecule has 6 aromatic carbocycles. The average Bonchev–Trinajstić information content (AvgIpc) is 3.08. The maximum absolute atomic E-state index is 5.67. The first-order valence-corrected chi connectivity index (χ1v) is 44.2. The Balaban J connectivity index is 0.000000205. The molecule has 4 nitrogen and oxygen atoms in total. The van der Waals surface area contributed by atoms with Crippen LogP contribution in [0.15, 0.2) is 109 Å². The topological polar surface area (TPSA) is 13.0 Å². The summed E-state index contributed by atoms with van der Waals surface area (Å²) in [4.78, 5) is 9.62. The number of hydrogen-bond acceptors (Lipinski definition) is 4. The van der Waals surface area contributed by atoms with Crippen LogP contribution in [-0.4, -0.2) is 52.4 Å². The molecule has 0 N–H and O–H groups in total. The molecule has 5 aliphatic rings. The van der Waals surface area contributed by atoms with Gasteiger partial charge in [-0.3, -0.25) is 0 Å². The molecular weight excluding hydrogens is 1340 g/mol. The molecule has 2 aliphatic heterocycles. The van der Waals surface area contributed by atoms with E-state index < -0.39 is 27.0 Å². The predicted octanol–water partition coefficient (Wildman–Crippen LogP) is 22.6. The van der Waals surface area contributed by atoms with Crippen molar-refractivity contribution in [2.45, 2.75) is 196 Å². The second kappa shape index (κ2) is 37.6. The van der Waals surface area contributed by atoms with Crippen LogP contribution in [0.25, 0.3) is 0 Å². The molecule has 0 spiro atoms. The molecular formula is C76H106Cl4N4PRu2-3. The Labute approximate surface area is 558 Å². The number of hydrogen-bond donors (Lipinski definition) is 0. The van der Waals surface area contributed by atoms with Crippen LogP contribution in [0.3, 0.4) is 0 Å². The molecule has 2 heterocycles. The van der Waals surface area contributed by atoms with Crippen molar-refractivity contribution < 1.29 is 27.0 Å². The molecule has 0 unspecified atom stereocenters. The molecule has 0 aromatic heterocycles. The molecule has 5 fully saturated rings. The quantitative estimate of drug-likeness (QED) is 0.0812. The van der Waals surface area contributed by atoms with Crippen molar-refractivity contribution >= 4 is 78.7 Å². The van der Waals surface area contributed by atoms with Crippen molar-refractivity contribution in [3.8, 4) is 0 Å². The summed E-state index contributed by atoms with van der Waals surface area (Å²) in [6.45, 7) is 35.1. The van der Waals surface area contributed by atoms with E-state index in [9.17, 15) is 0 Å². The summed E-state index contributed by atoms with van der Waals surface area (Å²) < 4.78 is 3.85. The van der Waals surface area contributed by atoms with Crippen molar-refractivity contribution in [2.24, 2.45) is 0 Å². The summed E-state index contributed by atoms with van der Waals surface area (Å²) in [6, 6.07) is 38.0. The van der Waals surface area contributed by atoms with Gasteiger partial charge >= 0.3 is 147 Å². The average molecular weight is 1450 g/mol. The van der Waals surface area contributed by atoms with E-state index in [1.807, 2.05) is 69.9 Å². The number of nitrogens with zero attached hydrogens (tertiary/aromatic N) is 4. The summed E-state index contributed by atoms with van der Waals surface area (Å²) in [5.41, 5.74) is 27.6. The van der Waals surface area contributed by atoms with E-state index in [0.717, 1.165) is 37.3 Å². The van der Waals surface area contributed by atoms with Gasteiger partial charge < -0.3 is 34.5 Å². The zero-order valence-electron chi connectivity index (χ0n) is 55.4. The number of anilines is 4. The molecule has 482 valence electrons. The van der Waals surface area contributed by atoms with Crippen molar-refractivity contribution in [2.75, 3.05) is 45.8 Å². The molecule has 11 heteroatoms. The van der Waals surface area contributed by atoms with E-state index in [2.05, 4.69) is 165 Å². The van der Waals surface area contributed by atoms with Gasteiger partial charge in [0.2, 0.25) is 0 Å². The fourth-order valence-electron chi connectivity index (χ4n) is 14.7. The first-order chi connectivity index (χ1) is 40.8. The van der Waals surface area contributed by atoms with Crippen molar-refractivity contribution in [1.29, 1.82) is 0 Å². The minimum absolute atomic E-state index is 0. The number of rotatable bonds is 9. The molecule has 3 aliphatic carbocycles. The van der Waals surface area contributed by atoms with Gasteiger partial charge in [-0.05, 0) is 205 Å². The second-order valence-corrected chi connectivity index (χ2v) is 39.8. The number of halogens is 4. The summed E-state index contributed by atoms with van der Waals surface area (Å²) in [5.74, 6) is 0. The molecule has 87 heavy (non-hydrogen) atoms. The van der Waals surface area contributed by atoms with Gasteiger partial charge in [0, 0.05) is 56.9 Å². The first-order valence-electron chi connectivity index (χ1n) is 31.5. The van der Waals surface area contributed by atoms with Gasteiger partial charge in [-0.25, -0.2) is 0 Å². The van der Waals surface area contributed by atoms with E-state index in [1.54, 1.807) is 96.3 Å². The Morgan fingerprint density at radius 3 is 0.747 bits per heavy atom. The molecule has 0 amide bonds. The number of benzene rings is 6. The molecule has 2 saturated heterocycles. The fourth-order valence-corrected chi connectivity index (χ4v) is 23.6. The van der Waals surface area contributed by atoms with E-state index in [4.69, 9.17) is 38.8 Å². The summed E-state index contributed by atoms with van der Waals surface area (Å²) >= 11 is -3.23. The summed E-state index contributed by atoms with van der Waals surface area (Å²) in [6.07, 6.45) is 23.8. The van der Waals surface area contributed by atoms with Crippen LogP contribution in [0.4, 0.5) is 22.7 Å². The van der Waals surface area contributed by atoms with Crippen LogP contribution in [0, 0.1) is 111 Å². The standard InChI is InChI=1S/2C21H27N2.C18H33P.2C7H6.2CH3.4ClH.2Ru/c2*1-14-9-16(3)20(17(4)10-14)22-7-8-23(13-22)21-18(5)11-15(2)12-19(21)6;1-4-10-16(11-5-1)19(17-12-6-2-7-13-17)18-14-8-3-9-15-18;2*1-7-5-3-2-4-6-7;;;;;;;;/h2*9-13H,7-8H2,1-6H3;16-18H,1-15H2;2*1-6H;2*1H3;4*1H;;/q2*-1;;;;2*-1;;;;;2*+2/p-3. The van der Waals surface area contributed by atoms with Crippen LogP contribution < -0.4 is 19.6 Å². The third-order valence-electron chi connectivity index (χ3n) is 17.6. The van der Waals surface area contributed by atoms with Crippen LogP contribution in [0.2, 0.25) is 0 Å². The van der Waals surface area contributed by atoms with Crippen LogP contribution >= 0.6 is 46.7 Å². The predicted molar refractivity (Wildman–Crippen MR) is 389 cm³/mol. The van der Waals surface area contributed by atoms with Crippen molar-refractivity contribution in [3.63, 3.8) is 0 Å². The van der Waals surface area contributed by atoms with Gasteiger partial charge in [-0.2, -0.15) is 13.3 Å². The van der Waals surface area contributed by atoms with Crippen molar-refractivity contribution in [3.05, 3.63) is 215 Å². The van der Waals surface area contributed by atoms with Crippen LogP contribution in [0.5, 0.6) is 0 Å². The number of aryl methyl sites for hydroxylation is 12. The van der Waals surface area contributed by atoms with Crippen LogP contribution in [0.1, 0.15) is 174 Å². The monoisotopic (exact) mass is 1450 g/mol. The Morgan fingerprint density at radius 2 is 0.552 bits per heavy atom. The normalized spacial score (nSPS) is 16.6. The van der Waals surface area contributed by atoms with E-state index in [-0.39, 0.29) is 22.8 Å². The van der Waals surface area contributed by atoms with Gasteiger partial charge in [0.1, 0.15) is 0 Å². The van der Waals surface area contributed by atoms with Crippen LogP contribution in [-0.2, 0) is 27.0 Å². The molecule has 11 rings (SSSR count). The zero-order valence-corrected chi connectivity index (χ0v) is 62.9. The van der Waals surface area contributed by atoms with Gasteiger partial charge in [0.05, 0.1) is 17.0 Å². The minimum atomic E-state index is -1.61. The Bertz CT molecular complexity index is 2680. The van der Waals surface area contributed by atoms with Gasteiger partial charge in [0.15, 0.2) is 0 Å². The third-order valence-corrected chi connectivity index (χ3v) is 25.9. The fraction of sp³-hybridized carbons (Fsp3) is 0.447. The summed E-state index contributed by atoms with van der Waals surface area (Å²) in [5, 5.41) is 0. The summed E-state index contributed by atoms with van der Waals surface area (Å²) in [7, 11) is 22.6. The third kappa shape index (κ3) is 22.7. The van der Waals surface area contributed by atoms with Gasteiger partial charge in [0.25, 0.3) is 0 Å². The molecule has 0 atom stereocenters. The van der Waals surface area contributed by atoms with Gasteiger partial charge in [-0.1, -0.05) is 90.0 Å². The Kier molecular flexibility index (Phi) is 32.3. The Hall–Kier alpha value is -2.90. The SMILES string of the molecule is C1CCC([PH+](C2CCCCC2)C2CCCCC2)CC1.Cc1cc(C)c(N2[CH-]N(c3c(C)cc(C)cc3C)CC2)c(C)c1.Cc1cc(C)c(N2[CH-]N(c3c(C)cc(C)cc3C)CC2)c(C)c1.[CH3-].[CH3-].[Cl][Ru]([Cl])=[CH]c1ccccc1.[Cl][Ru]([Cl])=[CH]c1ccccc1. The second-order valence-electron chi connectivity index (χ2n) is 24.9. The van der Waals surface area contributed by atoms with E-state index >= 15 is 0 Å². The zero-order chi connectivity index (χ0) is 61.2.